The predicted molar refractivity (Wildman–Crippen MR) is 72.4 cm³/mol. The number of hydrogen-bond acceptors (Lipinski definition) is 1. The maximum atomic E-state index is 13.4. The van der Waals surface area contributed by atoms with E-state index < -0.39 is 17.5 Å². The maximum Gasteiger partial charge on any atom is 0.254 e. The summed E-state index contributed by atoms with van der Waals surface area (Å²) < 4.78 is 26.4. The second-order valence-electron chi connectivity index (χ2n) is 5.26. The zero-order valence-corrected chi connectivity index (χ0v) is 11.9. The molecule has 0 saturated carbocycles. The molecule has 0 aromatic heterocycles. The van der Waals surface area contributed by atoms with E-state index >= 15 is 0 Å². The van der Waals surface area contributed by atoms with E-state index in [9.17, 15) is 13.6 Å². The zero-order valence-electron chi connectivity index (χ0n) is 11.1. The molecule has 1 rings (SSSR count). The van der Waals surface area contributed by atoms with Crippen LogP contribution in [0.4, 0.5) is 8.78 Å². The Labute approximate surface area is 117 Å². The number of amides is 1. The van der Waals surface area contributed by atoms with Crippen molar-refractivity contribution in [3.05, 3.63) is 35.4 Å². The van der Waals surface area contributed by atoms with Crippen LogP contribution < -0.4 is 5.32 Å². The van der Waals surface area contributed by atoms with Gasteiger partial charge < -0.3 is 5.32 Å². The van der Waals surface area contributed by atoms with Crippen molar-refractivity contribution >= 4 is 17.5 Å². The molecule has 0 saturated heterocycles. The van der Waals surface area contributed by atoms with Gasteiger partial charge in [-0.2, -0.15) is 0 Å². The van der Waals surface area contributed by atoms with Crippen LogP contribution >= 0.6 is 11.6 Å². The molecule has 1 N–H and O–H groups in total. The lowest BCUT2D eigenvalue weighted by Crippen LogP contribution is -2.34. The first-order chi connectivity index (χ1) is 8.85. The summed E-state index contributed by atoms with van der Waals surface area (Å²) in [7, 11) is 0. The summed E-state index contributed by atoms with van der Waals surface area (Å²) in [5.74, 6) is -1.39. The van der Waals surface area contributed by atoms with Gasteiger partial charge >= 0.3 is 0 Å². The highest BCUT2D eigenvalue weighted by Crippen LogP contribution is 2.21. The molecule has 0 aliphatic heterocycles. The highest BCUT2D eigenvalue weighted by Gasteiger charge is 2.20. The first-order valence-corrected chi connectivity index (χ1v) is 6.68. The lowest BCUT2D eigenvalue weighted by Gasteiger charge is -2.24. The molecule has 0 heterocycles. The summed E-state index contributed by atoms with van der Waals surface area (Å²) in [6.45, 7) is 4.36. The molecule has 5 heteroatoms. The Morgan fingerprint density at radius 2 is 2.05 bits per heavy atom. The summed E-state index contributed by atoms with van der Waals surface area (Å²) in [5.41, 5.74) is -0.401. The molecule has 0 aliphatic rings. The van der Waals surface area contributed by atoms with Crippen LogP contribution in [0.2, 0.25) is 0 Å². The Bertz CT molecular complexity index is 449. The van der Waals surface area contributed by atoms with Gasteiger partial charge in [0.1, 0.15) is 11.6 Å². The van der Waals surface area contributed by atoms with E-state index in [0.717, 1.165) is 31.0 Å². The van der Waals surface area contributed by atoms with E-state index in [4.69, 9.17) is 11.6 Å². The SMILES string of the molecule is CC(C)(CCCCl)CNC(=O)c1cc(F)ccc1F. The Morgan fingerprint density at radius 3 is 2.68 bits per heavy atom. The Kier molecular flexibility index (Phi) is 5.73. The number of rotatable bonds is 6. The van der Waals surface area contributed by atoms with Crippen LogP contribution in [0.5, 0.6) is 0 Å². The maximum absolute atomic E-state index is 13.4. The van der Waals surface area contributed by atoms with E-state index in [-0.39, 0.29) is 11.0 Å². The van der Waals surface area contributed by atoms with E-state index in [1.807, 2.05) is 13.8 Å². The topological polar surface area (TPSA) is 29.1 Å². The minimum atomic E-state index is -0.725. The van der Waals surface area contributed by atoms with Gasteiger partial charge in [-0.1, -0.05) is 13.8 Å². The number of hydrogen-bond donors (Lipinski definition) is 1. The monoisotopic (exact) mass is 289 g/mol. The molecular formula is C14H18ClF2NO. The van der Waals surface area contributed by atoms with Gasteiger partial charge in [-0.25, -0.2) is 8.78 Å². The average Bonchev–Trinajstić information content (AvgIpc) is 2.36. The predicted octanol–water partition coefficient (Wildman–Crippen LogP) is 3.74. The van der Waals surface area contributed by atoms with Gasteiger partial charge in [-0.3, -0.25) is 4.79 Å². The van der Waals surface area contributed by atoms with E-state index in [1.54, 1.807) is 0 Å². The normalized spacial score (nSPS) is 11.4. The summed E-state index contributed by atoms with van der Waals surface area (Å²) in [6, 6.07) is 2.83. The van der Waals surface area contributed by atoms with Crippen molar-refractivity contribution in [3.63, 3.8) is 0 Å². The van der Waals surface area contributed by atoms with Crippen molar-refractivity contribution in [1.82, 2.24) is 5.32 Å². The summed E-state index contributed by atoms with van der Waals surface area (Å²) >= 11 is 5.63. The Morgan fingerprint density at radius 1 is 1.37 bits per heavy atom. The molecule has 1 aromatic carbocycles. The van der Waals surface area contributed by atoms with Crippen LogP contribution in [0.3, 0.4) is 0 Å². The molecule has 0 unspecified atom stereocenters. The minimum Gasteiger partial charge on any atom is -0.351 e. The molecular weight excluding hydrogens is 272 g/mol. The van der Waals surface area contributed by atoms with Crippen molar-refractivity contribution in [1.29, 1.82) is 0 Å². The molecule has 1 amide bonds. The van der Waals surface area contributed by atoms with E-state index in [2.05, 4.69) is 5.32 Å². The molecule has 2 nitrogen and oxygen atoms in total. The molecule has 0 aliphatic carbocycles. The van der Waals surface area contributed by atoms with Crippen molar-refractivity contribution in [2.75, 3.05) is 12.4 Å². The number of benzene rings is 1. The van der Waals surface area contributed by atoms with Crippen LogP contribution in [0.1, 0.15) is 37.0 Å². The van der Waals surface area contributed by atoms with Crippen molar-refractivity contribution < 1.29 is 13.6 Å². The van der Waals surface area contributed by atoms with Gasteiger partial charge in [-0.15, -0.1) is 11.6 Å². The van der Waals surface area contributed by atoms with Gasteiger partial charge in [0, 0.05) is 12.4 Å². The summed E-state index contributed by atoms with van der Waals surface area (Å²) in [4.78, 5) is 11.8. The largest absolute Gasteiger partial charge is 0.351 e. The second-order valence-corrected chi connectivity index (χ2v) is 5.64. The molecule has 1 aromatic rings. The highest BCUT2D eigenvalue weighted by molar-refractivity contribution is 6.17. The molecule has 0 spiro atoms. The number of alkyl halides is 1. The van der Waals surface area contributed by atoms with Crippen molar-refractivity contribution in [3.8, 4) is 0 Å². The number of nitrogens with one attached hydrogen (secondary N) is 1. The molecule has 0 fully saturated rings. The third kappa shape index (κ3) is 5.15. The van der Waals surface area contributed by atoms with Gasteiger partial charge in [0.05, 0.1) is 5.56 Å². The van der Waals surface area contributed by atoms with Crippen molar-refractivity contribution in [2.24, 2.45) is 5.41 Å². The fourth-order valence-corrected chi connectivity index (χ4v) is 1.85. The minimum absolute atomic E-state index is 0.131. The lowest BCUT2D eigenvalue weighted by molar-refractivity contribution is 0.0930. The average molecular weight is 290 g/mol. The second kappa shape index (κ2) is 6.85. The summed E-state index contributed by atoms with van der Waals surface area (Å²) in [6.07, 6.45) is 1.70. The third-order valence-electron chi connectivity index (χ3n) is 2.89. The quantitative estimate of drug-likeness (QED) is 0.794. The number of carbonyl (C=O) groups excluding carboxylic acids is 1. The van der Waals surface area contributed by atoms with Gasteiger partial charge in [0.25, 0.3) is 5.91 Å². The van der Waals surface area contributed by atoms with Crippen LogP contribution in [-0.2, 0) is 0 Å². The highest BCUT2D eigenvalue weighted by atomic mass is 35.5. The van der Waals surface area contributed by atoms with Gasteiger partial charge in [0.15, 0.2) is 0 Å². The third-order valence-corrected chi connectivity index (χ3v) is 3.15. The van der Waals surface area contributed by atoms with Gasteiger partial charge in [-0.05, 0) is 36.5 Å². The Hall–Kier alpha value is -1.16. The van der Waals surface area contributed by atoms with Gasteiger partial charge in [0.2, 0.25) is 0 Å². The number of carbonyl (C=O) groups is 1. The molecule has 0 radical (unpaired) electrons. The molecule has 106 valence electrons. The van der Waals surface area contributed by atoms with Crippen LogP contribution in [-0.4, -0.2) is 18.3 Å². The van der Waals surface area contributed by atoms with Crippen LogP contribution in [0.25, 0.3) is 0 Å². The molecule has 19 heavy (non-hydrogen) atoms. The molecule has 0 atom stereocenters. The number of halogens is 3. The van der Waals surface area contributed by atoms with Crippen LogP contribution in [0.15, 0.2) is 18.2 Å². The lowest BCUT2D eigenvalue weighted by atomic mass is 9.88. The Balaban J connectivity index is 2.62. The fourth-order valence-electron chi connectivity index (χ4n) is 1.72. The van der Waals surface area contributed by atoms with Crippen molar-refractivity contribution in [2.45, 2.75) is 26.7 Å². The zero-order chi connectivity index (χ0) is 14.5. The first kappa shape index (κ1) is 15.9. The fraction of sp³-hybridized carbons (Fsp3) is 0.500. The first-order valence-electron chi connectivity index (χ1n) is 6.15. The van der Waals surface area contributed by atoms with E-state index in [1.165, 1.54) is 0 Å². The smallest absolute Gasteiger partial charge is 0.254 e. The molecule has 0 bridgehead atoms. The van der Waals surface area contributed by atoms with E-state index in [0.29, 0.717) is 12.4 Å². The standard InChI is InChI=1S/C14H18ClF2NO/c1-14(2,6-3-7-15)9-18-13(19)11-8-10(16)4-5-12(11)17/h4-5,8H,3,6-7,9H2,1-2H3,(H,18,19). The summed E-state index contributed by atoms with van der Waals surface area (Å²) in [5, 5.41) is 2.63. The van der Waals surface area contributed by atoms with Crippen LogP contribution in [0, 0.1) is 17.0 Å².